The Morgan fingerprint density at radius 3 is 1.26 bits per heavy atom. The van der Waals surface area contributed by atoms with Gasteiger partial charge in [0.2, 0.25) is 0 Å². The maximum absolute atomic E-state index is 10.7. The van der Waals surface area contributed by atoms with Crippen LogP contribution >= 0.6 is 11.3 Å². The molecule has 1 fully saturated rings. The highest BCUT2D eigenvalue weighted by Gasteiger charge is 2.44. The van der Waals surface area contributed by atoms with Crippen LogP contribution in [0.4, 0.5) is 13.2 Å². The Bertz CT molecular complexity index is 367. The van der Waals surface area contributed by atoms with E-state index in [0.717, 1.165) is 0 Å². The molecule has 0 aliphatic heterocycles. The Hall–Kier alpha value is -0.600. The number of halogens is 3. The minimum absolute atomic E-state index is 1.50. The van der Waals surface area contributed by atoms with Gasteiger partial charge in [-0.05, 0) is 10.8 Å². The van der Waals surface area contributed by atoms with Crippen molar-refractivity contribution in [1.82, 2.24) is 0 Å². The number of hydrogen-bond donors (Lipinski definition) is 1. The molecule has 3 nitrogen and oxygen atoms in total. The normalized spacial score (nSPS) is 15.6. The Labute approximate surface area is 115 Å². The van der Waals surface area contributed by atoms with E-state index in [1.165, 1.54) is 38.5 Å². The zero-order valence-corrected chi connectivity index (χ0v) is 11.9. The zero-order valence-electron chi connectivity index (χ0n) is 10.3. The van der Waals surface area contributed by atoms with E-state index >= 15 is 0 Å². The van der Waals surface area contributed by atoms with Gasteiger partial charge in [0, 0.05) is 0 Å². The van der Waals surface area contributed by atoms with Gasteiger partial charge in [0.25, 0.3) is 0 Å². The fourth-order valence-corrected chi connectivity index (χ4v) is 1.74. The second kappa shape index (κ2) is 9.33. The molecule has 1 saturated carbocycles. The van der Waals surface area contributed by atoms with Crippen LogP contribution in [0.1, 0.15) is 38.5 Å². The quantitative estimate of drug-likeness (QED) is 0.566. The van der Waals surface area contributed by atoms with Crippen LogP contribution < -0.4 is 0 Å². The van der Waals surface area contributed by atoms with Gasteiger partial charge >= 0.3 is 15.6 Å². The van der Waals surface area contributed by atoms with Crippen LogP contribution in [0.3, 0.4) is 0 Å². The molecule has 1 heterocycles. The molecule has 0 unspecified atom stereocenters. The minimum Gasteiger partial charge on any atom is -0.279 e. The Balaban J connectivity index is 0.000000262. The molecular formula is C11H17F3O3S2. The van der Waals surface area contributed by atoms with Crippen molar-refractivity contribution in [1.29, 1.82) is 0 Å². The highest BCUT2D eigenvalue weighted by molar-refractivity contribution is 7.86. The first-order chi connectivity index (χ1) is 8.75. The smallest absolute Gasteiger partial charge is 0.279 e. The summed E-state index contributed by atoms with van der Waals surface area (Å²) in [4.78, 5) is 0. The Kier molecular flexibility index (Phi) is 9.03. The number of thiophene rings is 1. The van der Waals surface area contributed by atoms with E-state index in [2.05, 4.69) is 0 Å². The molecular weight excluding hydrogens is 301 g/mol. The first-order valence-electron chi connectivity index (χ1n) is 5.76. The van der Waals surface area contributed by atoms with E-state index in [-0.39, 0.29) is 0 Å². The van der Waals surface area contributed by atoms with Gasteiger partial charge in [0.05, 0.1) is 0 Å². The summed E-state index contributed by atoms with van der Waals surface area (Å²) in [7, 11) is -5.84. The van der Waals surface area contributed by atoms with E-state index in [4.69, 9.17) is 13.0 Å². The van der Waals surface area contributed by atoms with Crippen LogP contribution in [-0.4, -0.2) is 18.5 Å². The van der Waals surface area contributed by atoms with Crippen molar-refractivity contribution >= 4 is 21.5 Å². The van der Waals surface area contributed by atoms with Crippen molar-refractivity contribution < 1.29 is 26.1 Å². The van der Waals surface area contributed by atoms with E-state index in [1.807, 2.05) is 22.9 Å². The first kappa shape index (κ1) is 18.4. The average molecular weight is 318 g/mol. The third kappa shape index (κ3) is 11.0. The summed E-state index contributed by atoms with van der Waals surface area (Å²) in [5.74, 6) is 0. The highest BCUT2D eigenvalue weighted by atomic mass is 32.2. The summed E-state index contributed by atoms with van der Waals surface area (Å²) in [5, 5.41) is 4.08. The number of rotatable bonds is 0. The predicted octanol–water partition coefficient (Wildman–Crippen LogP) is 4.48. The van der Waals surface area contributed by atoms with E-state index in [0.29, 0.717) is 0 Å². The minimum atomic E-state index is -5.84. The summed E-state index contributed by atoms with van der Waals surface area (Å²) in [6.45, 7) is 0. The fraction of sp³-hybridized carbons (Fsp3) is 0.636. The molecule has 1 aromatic rings. The molecule has 112 valence electrons. The summed E-state index contributed by atoms with van der Waals surface area (Å²) < 4.78 is 57.5. The molecule has 1 aromatic heterocycles. The standard InChI is InChI=1S/C6H12.C4H4S.CHF3O3S/c1-2-4-6-5-3-1;1-2-4-5-3-1;2-1(3,4)8(5,6)7/h1-6H2;1-4H;(H,5,6,7). The van der Waals surface area contributed by atoms with Crippen molar-refractivity contribution in [3.05, 3.63) is 22.9 Å². The predicted molar refractivity (Wildman–Crippen MR) is 69.6 cm³/mol. The van der Waals surface area contributed by atoms with Crippen molar-refractivity contribution in [2.45, 2.75) is 44.0 Å². The molecule has 0 spiro atoms. The Morgan fingerprint density at radius 1 is 0.895 bits per heavy atom. The van der Waals surface area contributed by atoms with Crippen LogP contribution in [0.5, 0.6) is 0 Å². The lowest BCUT2D eigenvalue weighted by Gasteiger charge is -2.05. The van der Waals surface area contributed by atoms with Gasteiger partial charge < -0.3 is 0 Å². The van der Waals surface area contributed by atoms with Crippen molar-refractivity contribution in [3.63, 3.8) is 0 Å². The van der Waals surface area contributed by atoms with Gasteiger partial charge in [-0.15, -0.1) is 0 Å². The summed E-state index contributed by atoms with van der Waals surface area (Å²) >= 11 is 1.71. The maximum Gasteiger partial charge on any atom is 0.522 e. The van der Waals surface area contributed by atoms with Crippen molar-refractivity contribution in [3.8, 4) is 0 Å². The molecule has 2 rings (SSSR count). The average Bonchev–Trinajstić information content (AvgIpc) is 2.88. The van der Waals surface area contributed by atoms with Gasteiger partial charge in [-0.25, -0.2) is 0 Å². The van der Waals surface area contributed by atoms with Crippen LogP contribution in [0.15, 0.2) is 22.9 Å². The van der Waals surface area contributed by atoms with Crippen molar-refractivity contribution in [2.24, 2.45) is 0 Å². The van der Waals surface area contributed by atoms with Crippen molar-refractivity contribution in [2.75, 3.05) is 0 Å². The third-order valence-corrected chi connectivity index (χ3v) is 3.43. The molecule has 1 N–H and O–H groups in total. The molecule has 8 heteroatoms. The molecule has 0 bridgehead atoms. The zero-order chi connectivity index (χ0) is 14.8. The van der Waals surface area contributed by atoms with Crippen LogP contribution in [0.2, 0.25) is 0 Å². The molecule has 0 atom stereocenters. The summed E-state index contributed by atoms with van der Waals surface area (Å²) in [5.41, 5.74) is -5.53. The number of alkyl halides is 3. The van der Waals surface area contributed by atoms with Gasteiger partial charge in [0.15, 0.2) is 0 Å². The highest BCUT2D eigenvalue weighted by Crippen LogP contribution is 2.20. The molecule has 0 amide bonds. The van der Waals surface area contributed by atoms with Gasteiger partial charge in [0.1, 0.15) is 0 Å². The summed E-state index contributed by atoms with van der Waals surface area (Å²) in [6, 6.07) is 4.04. The van der Waals surface area contributed by atoms with Crippen LogP contribution in [0.25, 0.3) is 0 Å². The van der Waals surface area contributed by atoms with E-state index in [1.54, 1.807) is 11.3 Å². The molecule has 19 heavy (non-hydrogen) atoms. The van der Waals surface area contributed by atoms with Gasteiger partial charge in [-0.1, -0.05) is 50.7 Å². The fourth-order valence-electron chi connectivity index (χ4n) is 1.29. The molecule has 0 radical (unpaired) electrons. The molecule has 1 aliphatic carbocycles. The topological polar surface area (TPSA) is 54.4 Å². The van der Waals surface area contributed by atoms with E-state index < -0.39 is 15.6 Å². The monoisotopic (exact) mass is 318 g/mol. The van der Waals surface area contributed by atoms with Gasteiger partial charge in [-0.3, -0.25) is 4.55 Å². The third-order valence-electron chi connectivity index (χ3n) is 2.22. The lowest BCUT2D eigenvalue weighted by atomic mass is 10.0. The van der Waals surface area contributed by atoms with Crippen LogP contribution in [0, 0.1) is 0 Å². The summed E-state index contributed by atoms with van der Waals surface area (Å²) in [6.07, 6.45) is 9.00. The van der Waals surface area contributed by atoms with Gasteiger partial charge in [-0.2, -0.15) is 32.9 Å². The number of hydrogen-bond acceptors (Lipinski definition) is 3. The first-order valence-corrected chi connectivity index (χ1v) is 8.14. The largest absolute Gasteiger partial charge is 0.522 e. The molecule has 0 saturated heterocycles. The van der Waals surface area contributed by atoms with Crippen LogP contribution in [-0.2, 0) is 10.1 Å². The Morgan fingerprint density at radius 2 is 1.16 bits per heavy atom. The lowest BCUT2D eigenvalue weighted by Crippen LogP contribution is -2.21. The second-order valence-corrected chi connectivity index (χ2v) is 6.06. The molecule has 0 aromatic carbocycles. The molecule has 1 aliphatic rings. The lowest BCUT2D eigenvalue weighted by molar-refractivity contribution is -0.0510. The SMILES string of the molecule is C1CCCCC1.O=S(=O)(O)C(F)(F)F.c1ccsc1. The second-order valence-electron chi connectivity index (χ2n) is 3.84. The maximum atomic E-state index is 10.7. The van der Waals surface area contributed by atoms with E-state index in [9.17, 15) is 13.2 Å².